The molecule has 22 rings (SSSR count). The van der Waals surface area contributed by atoms with Gasteiger partial charge in [0.05, 0.1) is 48.0 Å². The summed E-state index contributed by atoms with van der Waals surface area (Å²) in [5.41, 5.74) is 21.6. The van der Waals surface area contributed by atoms with Gasteiger partial charge in [0, 0.05) is 44.9 Å². The molecule has 39 heteroatoms. The first kappa shape index (κ1) is 88.8. The topological polar surface area (TPSA) is 442 Å². The van der Waals surface area contributed by atoms with E-state index in [9.17, 15) is 20.4 Å². The van der Waals surface area contributed by atoms with Crippen molar-refractivity contribution in [1.82, 2.24) is 64.3 Å². The van der Waals surface area contributed by atoms with Gasteiger partial charge in [-0.15, -0.1) is 0 Å². The maximum atomic E-state index is 11.2. The minimum atomic E-state index is -1.15. The fraction of sp³-hybridized carbons (Fsp3) is 0.422. The second-order valence-corrected chi connectivity index (χ2v) is 34.0. The molecule has 7 fully saturated rings. The van der Waals surface area contributed by atoms with Crippen molar-refractivity contribution >= 4 is 125 Å². The molecule has 0 unspecified atom stereocenters. The van der Waals surface area contributed by atoms with Crippen LogP contribution in [0.4, 0.5) is 11.6 Å². The molecule has 648 valence electrons. The first-order chi connectivity index (χ1) is 56.6. The van der Waals surface area contributed by atoms with Crippen LogP contribution in [0.25, 0.3) is 44.1 Å². The molecule has 0 spiro atoms. The number of nitrogen functional groups attached to an aromatic ring is 2. The number of aromatic nitrogens is 12. The normalized spacial score (nSPS) is 29.5. The van der Waals surface area contributed by atoms with Crippen LogP contribution in [0.5, 0.6) is 0 Å². The predicted octanol–water partition coefficient (Wildman–Crippen LogP) is 13.3. The fourth-order valence-corrected chi connectivity index (χ4v) is 19.0. The highest BCUT2D eigenvalue weighted by Crippen LogP contribution is 2.54. The molecule has 10 aliphatic heterocycles. The van der Waals surface area contributed by atoms with E-state index in [-0.39, 0.29) is 81.9 Å². The van der Waals surface area contributed by atoms with Crippen LogP contribution in [0, 0.1) is 0 Å². The lowest BCUT2D eigenvalue weighted by Crippen LogP contribution is -2.34. The summed E-state index contributed by atoms with van der Waals surface area (Å²) < 4.78 is 88.2. The van der Waals surface area contributed by atoms with Gasteiger partial charge in [0.25, 0.3) is 0 Å². The van der Waals surface area contributed by atoms with Crippen molar-refractivity contribution in [2.75, 3.05) is 11.5 Å². The van der Waals surface area contributed by atoms with Crippen LogP contribution in [0.2, 0.25) is 30.4 Å². The van der Waals surface area contributed by atoms with E-state index in [1.54, 1.807) is 47.3 Å². The molecule has 13 N–H and O–H groups in total. The Morgan fingerprint density at radius 1 is 0.410 bits per heavy atom. The first-order valence-corrected chi connectivity index (χ1v) is 40.3. The molecule has 33 nitrogen and oxygen atoms in total. The Balaban J connectivity index is 0.000000125. The average Bonchev–Trinajstić information content (AvgIpc) is 1.58. The van der Waals surface area contributed by atoms with Crippen molar-refractivity contribution in [3.63, 3.8) is 0 Å². The smallest absolute Gasteiger partial charge is 0.164 e. The second kappa shape index (κ2) is 34.4. The van der Waals surface area contributed by atoms with E-state index in [1.807, 2.05) is 134 Å². The Morgan fingerprint density at radius 3 is 1.17 bits per heavy atom. The Labute approximate surface area is 729 Å². The monoisotopic (exact) mass is 1800 g/mol. The summed E-state index contributed by atoms with van der Waals surface area (Å²) in [4.78, 5) is 33.5. The van der Waals surface area contributed by atoms with Gasteiger partial charge in [0.1, 0.15) is 168 Å². The van der Waals surface area contributed by atoms with Gasteiger partial charge in [0.15, 0.2) is 42.3 Å². The van der Waals surface area contributed by atoms with Gasteiger partial charge in [-0.05, 0) is 159 Å². The number of aliphatic hydroxyl groups excluding tert-OH is 4. The van der Waals surface area contributed by atoms with Crippen LogP contribution in [0.15, 0.2) is 147 Å². The van der Waals surface area contributed by atoms with Crippen molar-refractivity contribution < 1.29 is 87.5 Å². The number of hydrogen-bond acceptors (Lipinski definition) is 28. The molecule has 0 bridgehead atoms. The van der Waals surface area contributed by atoms with Crippen LogP contribution in [-0.4, -0.2) is 175 Å². The Kier molecular flexibility index (Phi) is 25.0. The van der Waals surface area contributed by atoms with Gasteiger partial charge in [-0.25, -0.2) is 39.9 Å². The molecular formula is C83H91Cl6N15O18. The van der Waals surface area contributed by atoms with Crippen molar-refractivity contribution in [2.24, 2.45) is 0 Å². The maximum absolute atomic E-state index is 11.2. The first-order valence-electron chi connectivity index (χ1n) is 38.1. The molecule has 122 heavy (non-hydrogen) atoms. The molecule has 0 aliphatic carbocycles. The molecule has 0 amide bonds. The Hall–Kier alpha value is -8.06. The summed E-state index contributed by atoms with van der Waals surface area (Å²) in [6.07, 6.45) is 1.78. The number of aliphatic hydroxyl groups is 4. The summed E-state index contributed by atoms with van der Waals surface area (Å²) in [7, 11) is 0. The van der Waals surface area contributed by atoms with Crippen LogP contribution in [0.3, 0.4) is 0 Å². The molecule has 10 aliphatic rings. The van der Waals surface area contributed by atoms with Crippen molar-refractivity contribution in [1.29, 1.82) is 0 Å². The zero-order valence-corrected chi connectivity index (χ0v) is 69.4. The van der Waals surface area contributed by atoms with Crippen molar-refractivity contribution in [2.45, 2.75) is 223 Å². The van der Waals surface area contributed by atoms with Crippen molar-refractivity contribution in [3.05, 3.63) is 222 Å². The Bertz CT molecular complexity index is 5690. The number of hydrogen-bond donors (Lipinski definition) is 7. The van der Waals surface area contributed by atoms with Gasteiger partial charge in [-0.2, -0.15) is 0 Å². The number of rotatable bonds is 10. The fourth-order valence-electron chi connectivity index (χ4n) is 17.8. The lowest BCUT2D eigenvalue weighted by Gasteiger charge is -2.28. The molecule has 4 aromatic carbocycles. The van der Waals surface area contributed by atoms with Gasteiger partial charge in [0.2, 0.25) is 0 Å². The van der Waals surface area contributed by atoms with E-state index in [1.165, 1.54) is 25.3 Å². The Morgan fingerprint density at radius 2 is 0.746 bits per heavy atom. The largest absolute Gasteiger partial charge is 0.412 e. The zero-order valence-electron chi connectivity index (χ0n) is 64.8. The quantitative estimate of drug-likeness (QED) is 0.0625. The third-order valence-corrected chi connectivity index (χ3v) is 24.4. The van der Waals surface area contributed by atoms with Crippen LogP contribution in [0.1, 0.15) is 150 Å². The van der Waals surface area contributed by atoms with Crippen LogP contribution < -0.4 is 17.6 Å². The molecule has 12 aromatic rings. The molecular weight excluding hydrogens is 1710 g/mol. The van der Waals surface area contributed by atoms with Crippen LogP contribution >= 0.6 is 69.6 Å². The minimum absolute atomic E-state index is 0. The van der Waals surface area contributed by atoms with Crippen LogP contribution in [-0.2, 0) is 88.0 Å². The van der Waals surface area contributed by atoms with E-state index in [0.717, 1.165) is 44.2 Å². The number of ether oxygens (including phenoxy) is 13. The molecule has 8 aromatic heterocycles. The third kappa shape index (κ3) is 15.8. The molecule has 20 atom stereocenters. The number of nitrogens with two attached hydrogens (primary N) is 2. The summed E-state index contributed by atoms with van der Waals surface area (Å²) in [6.45, 7) is 12.4. The summed E-state index contributed by atoms with van der Waals surface area (Å²) in [5.74, 6) is -1.54. The molecule has 18 heterocycles. The lowest BCUT2D eigenvalue weighted by molar-refractivity contribution is -0.210. The average molecular weight is 1800 g/mol. The zero-order chi connectivity index (χ0) is 81.9. The SMILES string of the molecule is C.C.CC1(C)O[C@H]2[C@@H](O1)[C@H](n1ccc3c(Cl)ncnc31)O[C@@H]2[C@@H]1OCc2cc(Cl)ccc21.CC1(C)O[C@H]2[C@@H](O1)[C@H](n1ccc3c(Cl)ncnc31)O[C@@H]2[C@H](O)c1ccc(Cl)cc1CO.CC1(C)O[C@H]2[C@@H](O1)[C@H](n1ccc3c(N)ncnc31)O[C@@H]2[C@@H]1OCc2cc(Cl)ccc21.N.Nc1ncnc2c1ccn2[C@@H]1O[C@H]([C@@H]2OCc3cc(Cl)ccc32)[C@@H](O)[C@H]1O.O. The lowest BCUT2D eigenvalue weighted by atomic mass is 9.95. The number of anilines is 2. The number of fused-ring (bicyclic) bond motifs is 10. The highest BCUT2D eigenvalue weighted by atomic mass is 35.5. The predicted molar refractivity (Wildman–Crippen MR) is 449 cm³/mol. The van der Waals surface area contributed by atoms with E-state index in [0.29, 0.717) is 106 Å². The molecule has 0 radical (unpaired) electrons. The van der Waals surface area contributed by atoms with Gasteiger partial charge < -0.3 is 123 Å². The highest BCUT2D eigenvalue weighted by Gasteiger charge is 2.62. The second-order valence-electron chi connectivity index (χ2n) is 31.5. The summed E-state index contributed by atoms with van der Waals surface area (Å²) >= 11 is 36.9. The molecule has 0 saturated carbocycles. The summed E-state index contributed by atoms with van der Waals surface area (Å²) in [5, 5.41) is 48.4. The number of nitrogens with zero attached hydrogens (tertiary/aromatic N) is 12. The minimum Gasteiger partial charge on any atom is -0.412 e. The number of halogens is 6. The third-order valence-electron chi connectivity index (χ3n) is 22.9. The van der Waals surface area contributed by atoms with Crippen molar-refractivity contribution in [3.8, 4) is 0 Å². The van der Waals surface area contributed by atoms with E-state index in [4.69, 9.17) is 143 Å². The maximum Gasteiger partial charge on any atom is 0.164 e. The van der Waals surface area contributed by atoms with Gasteiger partial charge in [-0.3, -0.25) is 0 Å². The summed E-state index contributed by atoms with van der Waals surface area (Å²) in [6, 6.07) is 29.4. The van der Waals surface area contributed by atoms with E-state index < -0.39 is 91.1 Å². The number of benzene rings is 4. The van der Waals surface area contributed by atoms with E-state index >= 15 is 0 Å². The van der Waals surface area contributed by atoms with Gasteiger partial charge in [-0.1, -0.05) is 109 Å². The molecule has 7 saturated heterocycles. The standard InChI is InChI=1S/C21H21Cl2N3O5.C21H19Cl2N3O4.C21H21ClN4O4.C18H17ClN4O4.2CH4.H3N.H2O/c1-21(2)30-16-15(14(28)12-4-3-11(22)7-10(12)8-27)29-20(17(16)31-21)26-6-5-13-18(23)24-9-25-19(13)26;2*1-21(2)29-16-15(14-12-4-3-11(22)7-10(12)8-27-14)28-20(17(16)30-21)26-6-5-13-18(23)24-9-25-19(13)26;19-9-1-2-10-8(5-9)6-26-14(10)15-12(24)13(25)18(27-15)23-4-3-11-16(20)21-7-22-17(11)23;;;;/h3-7,9,14-17,20,27-28H,8H2,1-2H3;3-7,9,14-17,20H,8H2,1-2H3;3-7,9,14-17,20H,8H2,1-2H3,(H2,23,24,25);1-5,7,12-15,18,24-25H,6H2,(H2,20,21,22);2*1H4;1H3;1H2/t3*14-,15-,16-,17-,20-;12-,13+,14+,15-,18+;;;;/m1110..../s1. The van der Waals surface area contributed by atoms with E-state index in [2.05, 4.69) is 39.9 Å². The van der Waals surface area contributed by atoms with Gasteiger partial charge >= 0.3 is 0 Å². The highest BCUT2D eigenvalue weighted by molar-refractivity contribution is 6.34.